The second-order valence-corrected chi connectivity index (χ2v) is 15.9. The van der Waals surface area contributed by atoms with Crippen molar-refractivity contribution in [2.24, 2.45) is 0 Å². The van der Waals surface area contributed by atoms with E-state index in [1.165, 1.54) is 0 Å². The van der Waals surface area contributed by atoms with E-state index in [1.54, 1.807) is 0 Å². The van der Waals surface area contributed by atoms with Crippen LogP contribution < -0.4 is 0 Å². The summed E-state index contributed by atoms with van der Waals surface area (Å²) in [5.74, 6) is 0.712. The summed E-state index contributed by atoms with van der Waals surface area (Å²) in [6.07, 6.45) is 0. The standard InChI is InChI=1S/C59H37N3O/c1-4-13-43(14-5-1)51-37-52(61-59(60-51)46-17-8-3-9-18-46)44-33-29-41(30-34-44)39-25-23-38(24-26-39)40-27-31-42(32-28-40)47-20-12-21-49-55-50(57(62-58(47)49)45-15-6-2-7-16-45)35-36-54-56(55)48-19-10-11-22-53(48)63-54/h1-37H. The van der Waals surface area contributed by atoms with Gasteiger partial charge in [0, 0.05) is 54.7 Å². The van der Waals surface area contributed by atoms with Crippen LogP contribution in [0.15, 0.2) is 229 Å². The second-order valence-electron chi connectivity index (χ2n) is 15.9. The molecule has 0 aliphatic rings. The maximum absolute atomic E-state index is 6.39. The molecule has 4 nitrogen and oxygen atoms in total. The molecule has 0 amide bonds. The van der Waals surface area contributed by atoms with E-state index in [0.29, 0.717) is 5.82 Å². The fraction of sp³-hybridized carbons (Fsp3) is 0. The summed E-state index contributed by atoms with van der Waals surface area (Å²) < 4.78 is 6.39. The zero-order chi connectivity index (χ0) is 41.7. The number of benzene rings is 9. The molecule has 0 spiro atoms. The zero-order valence-corrected chi connectivity index (χ0v) is 34.1. The van der Waals surface area contributed by atoms with Gasteiger partial charge in [0.15, 0.2) is 5.82 Å². The molecule has 0 radical (unpaired) electrons. The van der Waals surface area contributed by atoms with Crippen LogP contribution in [0.3, 0.4) is 0 Å². The highest BCUT2D eigenvalue weighted by molar-refractivity contribution is 6.29. The van der Waals surface area contributed by atoms with E-state index >= 15 is 0 Å². The molecule has 0 saturated heterocycles. The number of para-hydroxylation sites is 2. The third kappa shape index (κ3) is 6.53. The molecule has 4 heteroatoms. The molecule has 0 aliphatic heterocycles. The molecule has 63 heavy (non-hydrogen) atoms. The van der Waals surface area contributed by atoms with Gasteiger partial charge in [0.25, 0.3) is 0 Å². The molecule has 0 aliphatic carbocycles. The van der Waals surface area contributed by atoms with Gasteiger partial charge in [-0.15, -0.1) is 0 Å². The Bertz CT molecular complexity index is 3560. The second kappa shape index (κ2) is 15.2. The SMILES string of the molecule is c1ccc(-c2cc(-c3ccc(-c4ccc(-c5ccc(-c6cccc7c6nc(-c6ccccc6)c6ccc8oc9ccccc9c8c67)cc5)cc4)cc3)nc(-c3ccccc3)n2)cc1. The van der Waals surface area contributed by atoms with Gasteiger partial charge >= 0.3 is 0 Å². The minimum atomic E-state index is 0.712. The normalized spacial score (nSPS) is 11.5. The molecule has 3 heterocycles. The number of nitrogens with zero attached hydrogens (tertiary/aromatic N) is 3. The number of aromatic nitrogens is 3. The third-order valence-electron chi connectivity index (χ3n) is 12.1. The van der Waals surface area contributed by atoms with Crippen LogP contribution in [0, 0.1) is 0 Å². The molecule has 12 rings (SSSR count). The minimum Gasteiger partial charge on any atom is -0.456 e. The molecule has 0 fully saturated rings. The number of fused-ring (bicyclic) bond motifs is 7. The van der Waals surface area contributed by atoms with E-state index in [4.69, 9.17) is 19.4 Å². The fourth-order valence-electron chi connectivity index (χ4n) is 8.98. The van der Waals surface area contributed by atoms with Crippen LogP contribution in [0.2, 0.25) is 0 Å². The predicted octanol–water partition coefficient (Wildman–Crippen LogP) is 15.7. The maximum atomic E-state index is 6.39. The lowest BCUT2D eigenvalue weighted by Crippen LogP contribution is -1.95. The molecule has 9 aromatic carbocycles. The maximum Gasteiger partial charge on any atom is 0.160 e. The van der Waals surface area contributed by atoms with E-state index in [-0.39, 0.29) is 0 Å². The van der Waals surface area contributed by atoms with Crippen LogP contribution in [0.4, 0.5) is 0 Å². The molecule has 0 unspecified atom stereocenters. The van der Waals surface area contributed by atoms with Crippen molar-refractivity contribution in [3.05, 3.63) is 224 Å². The van der Waals surface area contributed by atoms with Crippen molar-refractivity contribution in [2.45, 2.75) is 0 Å². The third-order valence-corrected chi connectivity index (χ3v) is 12.1. The smallest absolute Gasteiger partial charge is 0.160 e. The fourth-order valence-corrected chi connectivity index (χ4v) is 8.98. The number of hydrogen-bond donors (Lipinski definition) is 0. The lowest BCUT2D eigenvalue weighted by molar-refractivity contribution is 0.669. The van der Waals surface area contributed by atoms with Crippen molar-refractivity contribution in [3.63, 3.8) is 0 Å². The molecule has 294 valence electrons. The van der Waals surface area contributed by atoms with Gasteiger partial charge in [-0.1, -0.05) is 200 Å². The highest BCUT2D eigenvalue weighted by Crippen LogP contribution is 2.43. The van der Waals surface area contributed by atoms with E-state index in [9.17, 15) is 0 Å². The van der Waals surface area contributed by atoms with Crippen LogP contribution >= 0.6 is 0 Å². The van der Waals surface area contributed by atoms with Crippen molar-refractivity contribution in [1.29, 1.82) is 0 Å². The topological polar surface area (TPSA) is 51.8 Å². The van der Waals surface area contributed by atoms with Gasteiger partial charge < -0.3 is 4.42 Å². The minimum absolute atomic E-state index is 0.712. The predicted molar refractivity (Wildman–Crippen MR) is 260 cm³/mol. The average Bonchev–Trinajstić information content (AvgIpc) is 3.76. The molecule has 0 N–H and O–H groups in total. The largest absolute Gasteiger partial charge is 0.456 e. The van der Waals surface area contributed by atoms with E-state index in [0.717, 1.165) is 116 Å². The Morgan fingerprint density at radius 2 is 0.778 bits per heavy atom. The van der Waals surface area contributed by atoms with Gasteiger partial charge in [0.1, 0.15) is 11.2 Å². The lowest BCUT2D eigenvalue weighted by Gasteiger charge is -2.14. The van der Waals surface area contributed by atoms with Crippen molar-refractivity contribution in [2.75, 3.05) is 0 Å². The monoisotopic (exact) mass is 803 g/mol. The van der Waals surface area contributed by atoms with Crippen LogP contribution in [0.25, 0.3) is 122 Å². The molecule has 0 atom stereocenters. The summed E-state index contributed by atoms with van der Waals surface area (Å²) in [4.78, 5) is 15.4. The first-order chi connectivity index (χ1) is 31.2. The summed E-state index contributed by atoms with van der Waals surface area (Å²) in [5.41, 5.74) is 16.5. The average molecular weight is 804 g/mol. The Morgan fingerprint density at radius 1 is 0.286 bits per heavy atom. The summed E-state index contributed by atoms with van der Waals surface area (Å²) in [6, 6.07) is 78.5. The Hall–Kier alpha value is -8.47. The Labute approximate surface area is 364 Å². The summed E-state index contributed by atoms with van der Waals surface area (Å²) in [5, 5.41) is 5.62. The van der Waals surface area contributed by atoms with Crippen molar-refractivity contribution >= 4 is 43.6 Å². The number of rotatable bonds is 7. The number of hydrogen-bond acceptors (Lipinski definition) is 4. The van der Waals surface area contributed by atoms with Crippen molar-refractivity contribution in [3.8, 4) is 78.5 Å². The lowest BCUT2D eigenvalue weighted by atomic mass is 9.93. The molecular weight excluding hydrogens is 767 g/mol. The van der Waals surface area contributed by atoms with Gasteiger partial charge in [-0.05, 0) is 52.1 Å². The molecule has 0 saturated carbocycles. The summed E-state index contributed by atoms with van der Waals surface area (Å²) >= 11 is 0. The van der Waals surface area contributed by atoms with Crippen molar-refractivity contribution in [1.82, 2.24) is 15.0 Å². The zero-order valence-electron chi connectivity index (χ0n) is 34.1. The van der Waals surface area contributed by atoms with Crippen LogP contribution in [-0.2, 0) is 0 Å². The number of pyridine rings is 1. The highest BCUT2D eigenvalue weighted by atomic mass is 16.3. The molecular formula is C59H37N3O. The first-order valence-electron chi connectivity index (χ1n) is 21.3. The van der Waals surface area contributed by atoms with Gasteiger partial charge in [0.2, 0.25) is 0 Å². The highest BCUT2D eigenvalue weighted by Gasteiger charge is 2.19. The van der Waals surface area contributed by atoms with E-state index < -0.39 is 0 Å². The first-order valence-corrected chi connectivity index (χ1v) is 21.3. The molecule has 0 bridgehead atoms. The summed E-state index contributed by atoms with van der Waals surface area (Å²) in [7, 11) is 0. The Kier molecular flexibility index (Phi) is 8.79. The quantitative estimate of drug-likeness (QED) is 0.151. The van der Waals surface area contributed by atoms with Crippen molar-refractivity contribution < 1.29 is 4.42 Å². The van der Waals surface area contributed by atoms with Crippen LogP contribution in [-0.4, -0.2) is 15.0 Å². The number of furan rings is 1. The van der Waals surface area contributed by atoms with Crippen LogP contribution in [0.5, 0.6) is 0 Å². The first kappa shape index (κ1) is 36.4. The van der Waals surface area contributed by atoms with E-state index in [2.05, 4.69) is 176 Å². The summed E-state index contributed by atoms with van der Waals surface area (Å²) in [6.45, 7) is 0. The van der Waals surface area contributed by atoms with Gasteiger partial charge in [-0.2, -0.15) is 0 Å². The van der Waals surface area contributed by atoms with Crippen LogP contribution in [0.1, 0.15) is 0 Å². The Morgan fingerprint density at radius 3 is 1.40 bits per heavy atom. The Balaban J connectivity index is 0.868. The molecule has 12 aromatic rings. The van der Waals surface area contributed by atoms with Gasteiger partial charge in [0.05, 0.1) is 22.6 Å². The van der Waals surface area contributed by atoms with Gasteiger partial charge in [-0.25, -0.2) is 15.0 Å². The van der Waals surface area contributed by atoms with E-state index in [1.807, 2.05) is 48.5 Å². The molecule has 3 aromatic heterocycles. The van der Waals surface area contributed by atoms with Gasteiger partial charge in [-0.3, -0.25) is 0 Å².